The van der Waals surface area contributed by atoms with Crippen LogP contribution in [0.5, 0.6) is 0 Å². The van der Waals surface area contributed by atoms with Gasteiger partial charge in [-0.1, -0.05) is 18.2 Å². The molecule has 1 aliphatic rings. The molecule has 1 fully saturated rings. The number of aromatic nitrogens is 1. The highest BCUT2D eigenvalue weighted by molar-refractivity contribution is 14.0. The SMILES string of the molecule is CCNC(=NCCCc1c[nH]c2ccccc12)NC1CCN(CC(F)(F)F)C1.I. The normalized spacial score (nSPS) is 18.1. The van der Waals surface area contributed by atoms with Gasteiger partial charge in [0.1, 0.15) is 0 Å². The van der Waals surface area contributed by atoms with E-state index in [-0.39, 0.29) is 30.0 Å². The molecule has 1 aromatic heterocycles. The van der Waals surface area contributed by atoms with Crippen molar-refractivity contribution in [2.45, 2.75) is 38.4 Å². The number of halogens is 4. The summed E-state index contributed by atoms with van der Waals surface area (Å²) in [4.78, 5) is 9.32. The monoisotopic (exact) mass is 523 g/mol. The van der Waals surface area contributed by atoms with Gasteiger partial charge >= 0.3 is 6.18 Å². The summed E-state index contributed by atoms with van der Waals surface area (Å²) < 4.78 is 37.6. The number of fused-ring (bicyclic) bond motifs is 1. The summed E-state index contributed by atoms with van der Waals surface area (Å²) in [5.41, 5.74) is 2.42. The summed E-state index contributed by atoms with van der Waals surface area (Å²) in [5.74, 6) is 0.681. The average molecular weight is 523 g/mol. The standard InChI is InChI=1S/C20H28F3N5.HI/c1-2-24-19(27-16-9-11-28(13-16)14-20(21,22)23)25-10-5-6-15-12-26-18-8-4-3-7-17(15)18;/h3-4,7-8,12,16,26H,2,5-6,9-11,13-14H2,1H3,(H2,24,25,27);1H. The summed E-state index contributed by atoms with van der Waals surface area (Å²) in [6, 6.07) is 8.22. The maximum atomic E-state index is 12.5. The quantitative estimate of drug-likeness (QED) is 0.223. The van der Waals surface area contributed by atoms with Gasteiger partial charge in [-0.2, -0.15) is 13.2 Å². The van der Waals surface area contributed by atoms with Crippen molar-refractivity contribution in [1.29, 1.82) is 0 Å². The minimum atomic E-state index is -4.14. The lowest BCUT2D eigenvalue weighted by molar-refractivity contribution is -0.143. The molecular formula is C20H29F3IN5. The molecule has 0 spiro atoms. The molecule has 1 atom stereocenters. The zero-order valence-corrected chi connectivity index (χ0v) is 18.9. The molecular weight excluding hydrogens is 494 g/mol. The first-order valence-corrected chi connectivity index (χ1v) is 9.83. The maximum Gasteiger partial charge on any atom is 0.401 e. The number of hydrogen-bond donors (Lipinski definition) is 3. The van der Waals surface area contributed by atoms with Gasteiger partial charge in [-0.05, 0) is 37.8 Å². The van der Waals surface area contributed by atoms with Gasteiger partial charge in [-0.15, -0.1) is 24.0 Å². The van der Waals surface area contributed by atoms with Crippen LogP contribution in [0.25, 0.3) is 10.9 Å². The number of nitrogens with zero attached hydrogens (tertiary/aromatic N) is 2. The summed E-state index contributed by atoms with van der Waals surface area (Å²) in [6.07, 6.45) is 0.427. The first kappa shape index (κ1) is 23.8. The Bertz CT molecular complexity index is 790. The van der Waals surface area contributed by atoms with E-state index in [4.69, 9.17) is 0 Å². The van der Waals surface area contributed by atoms with E-state index in [0.717, 1.165) is 18.4 Å². The zero-order valence-electron chi connectivity index (χ0n) is 16.6. The van der Waals surface area contributed by atoms with Crippen molar-refractivity contribution >= 4 is 40.8 Å². The predicted octanol–water partition coefficient (Wildman–Crippen LogP) is 3.91. The average Bonchev–Trinajstić information content (AvgIpc) is 3.24. The highest BCUT2D eigenvalue weighted by Gasteiger charge is 2.34. The fraction of sp³-hybridized carbons (Fsp3) is 0.550. The highest BCUT2D eigenvalue weighted by Crippen LogP contribution is 2.20. The lowest BCUT2D eigenvalue weighted by Crippen LogP contribution is -2.45. The lowest BCUT2D eigenvalue weighted by atomic mass is 10.1. The predicted molar refractivity (Wildman–Crippen MR) is 122 cm³/mol. The van der Waals surface area contributed by atoms with Gasteiger partial charge in [-0.25, -0.2) is 0 Å². The number of nitrogens with one attached hydrogen (secondary N) is 3. The minimum Gasteiger partial charge on any atom is -0.361 e. The maximum absolute atomic E-state index is 12.5. The summed E-state index contributed by atoms with van der Waals surface area (Å²) in [6.45, 7) is 3.36. The van der Waals surface area contributed by atoms with Crippen LogP contribution in [0.1, 0.15) is 25.3 Å². The highest BCUT2D eigenvalue weighted by atomic mass is 127. The molecule has 29 heavy (non-hydrogen) atoms. The van der Waals surface area contributed by atoms with E-state index in [2.05, 4.69) is 32.7 Å². The molecule has 1 unspecified atom stereocenters. The molecule has 1 aromatic carbocycles. The van der Waals surface area contributed by atoms with E-state index in [1.165, 1.54) is 15.8 Å². The van der Waals surface area contributed by atoms with Gasteiger partial charge in [0.2, 0.25) is 0 Å². The molecule has 3 rings (SSSR count). The van der Waals surface area contributed by atoms with Crippen LogP contribution in [0.15, 0.2) is 35.5 Å². The lowest BCUT2D eigenvalue weighted by Gasteiger charge is -2.19. The van der Waals surface area contributed by atoms with E-state index in [1.54, 1.807) is 0 Å². The Morgan fingerprint density at radius 2 is 2.10 bits per heavy atom. The molecule has 1 saturated heterocycles. The van der Waals surface area contributed by atoms with E-state index < -0.39 is 12.7 Å². The van der Waals surface area contributed by atoms with Crippen LogP contribution in [0.3, 0.4) is 0 Å². The number of guanidine groups is 1. The Morgan fingerprint density at radius 1 is 1.31 bits per heavy atom. The van der Waals surface area contributed by atoms with E-state index in [9.17, 15) is 13.2 Å². The zero-order chi connectivity index (χ0) is 20.0. The molecule has 0 amide bonds. The fourth-order valence-corrected chi connectivity index (χ4v) is 3.66. The third kappa shape index (κ3) is 7.36. The minimum absolute atomic E-state index is 0. The largest absolute Gasteiger partial charge is 0.401 e. The topological polar surface area (TPSA) is 55.5 Å². The van der Waals surface area contributed by atoms with Crippen molar-refractivity contribution in [3.63, 3.8) is 0 Å². The van der Waals surface area contributed by atoms with Gasteiger partial charge in [0.15, 0.2) is 5.96 Å². The number of aromatic amines is 1. The van der Waals surface area contributed by atoms with Crippen LogP contribution in [0.4, 0.5) is 13.2 Å². The molecule has 162 valence electrons. The van der Waals surface area contributed by atoms with Gasteiger partial charge < -0.3 is 15.6 Å². The van der Waals surface area contributed by atoms with Gasteiger partial charge in [-0.3, -0.25) is 9.89 Å². The molecule has 1 aliphatic heterocycles. The second-order valence-corrected chi connectivity index (χ2v) is 7.20. The number of H-pyrrole nitrogens is 1. The Hall–Kier alpha value is -1.49. The second-order valence-electron chi connectivity index (χ2n) is 7.20. The van der Waals surface area contributed by atoms with Crippen LogP contribution in [-0.2, 0) is 6.42 Å². The molecule has 5 nitrogen and oxygen atoms in total. The molecule has 0 aliphatic carbocycles. The second kappa shape index (κ2) is 11.1. The summed E-state index contributed by atoms with van der Waals surface area (Å²) >= 11 is 0. The molecule has 0 radical (unpaired) electrons. The van der Waals surface area contributed by atoms with Crippen molar-refractivity contribution in [2.24, 2.45) is 4.99 Å². The van der Waals surface area contributed by atoms with E-state index in [0.29, 0.717) is 38.6 Å². The molecule has 3 N–H and O–H groups in total. The molecule has 9 heteroatoms. The van der Waals surface area contributed by atoms with Crippen molar-refractivity contribution in [2.75, 3.05) is 32.7 Å². The van der Waals surface area contributed by atoms with Gasteiger partial charge in [0.25, 0.3) is 0 Å². The molecule has 2 aromatic rings. The third-order valence-electron chi connectivity index (χ3n) is 4.91. The number of benzene rings is 1. The van der Waals surface area contributed by atoms with Crippen molar-refractivity contribution in [1.82, 2.24) is 20.5 Å². The van der Waals surface area contributed by atoms with Gasteiger partial charge in [0.05, 0.1) is 6.54 Å². The first-order chi connectivity index (χ1) is 13.4. The third-order valence-corrected chi connectivity index (χ3v) is 4.91. The van der Waals surface area contributed by atoms with Crippen molar-refractivity contribution in [3.8, 4) is 0 Å². The Morgan fingerprint density at radius 3 is 2.86 bits per heavy atom. The van der Waals surface area contributed by atoms with E-state index in [1.807, 2.05) is 25.3 Å². The number of para-hydroxylation sites is 1. The van der Waals surface area contributed by atoms with Crippen LogP contribution in [0, 0.1) is 0 Å². The molecule has 2 heterocycles. The van der Waals surface area contributed by atoms with E-state index >= 15 is 0 Å². The molecule has 0 saturated carbocycles. The molecule has 0 bridgehead atoms. The smallest absolute Gasteiger partial charge is 0.361 e. The number of rotatable bonds is 7. The number of hydrogen-bond acceptors (Lipinski definition) is 2. The number of likely N-dealkylation sites (tertiary alicyclic amines) is 1. The fourth-order valence-electron chi connectivity index (χ4n) is 3.66. The number of aliphatic imine (C=N–C) groups is 1. The van der Waals surface area contributed by atoms with Crippen molar-refractivity contribution < 1.29 is 13.2 Å². The van der Waals surface area contributed by atoms with Crippen LogP contribution >= 0.6 is 24.0 Å². The Labute approximate surface area is 186 Å². The van der Waals surface area contributed by atoms with Gasteiger partial charge in [0, 0.05) is 49.3 Å². The summed E-state index contributed by atoms with van der Waals surface area (Å²) in [5, 5.41) is 7.71. The Balaban J connectivity index is 0.00000300. The first-order valence-electron chi connectivity index (χ1n) is 9.83. The summed E-state index contributed by atoms with van der Waals surface area (Å²) in [7, 11) is 0. The number of alkyl halides is 3. The van der Waals surface area contributed by atoms with Crippen LogP contribution < -0.4 is 10.6 Å². The van der Waals surface area contributed by atoms with Crippen molar-refractivity contribution in [3.05, 3.63) is 36.0 Å². The van der Waals surface area contributed by atoms with Crippen LogP contribution in [0.2, 0.25) is 0 Å². The van der Waals surface area contributed by atoms with Crippen LogP contribution in [-0.4, -0.2) is 60.8 Å². The number of aryl methyl sites for hydroxylation is 1. The Kier molecular flexibility index (Phi) is 9.06.